The zero-order chi connectivity index (χ0) is 19.2. The van der Waals surface area contributed by atoms with Gasteiger partial charge in [-0.1, -0.05) is 18.2 Å². The third-order valence-corrected chi connectivity index (χ3v) is 4.31. The molecular weight excluding hydrogens is 358 g/mol. The largest absolute Gasteiger partial charge is 0.481 e. The summed E-state index contributed by atoms with van der Waals surface area (Å²) in [6.07, 6.45) is 8.20. The van der Waals surface area contributed by atoms with Crippen molar-refractivity contribution in [3.05, 3.63) is 66.2 Å². The molecule has 1 unspecified atom stereocenters. The van der Waals surface area contributed by atoms with E-state index in [0.29, 0.717) is 5.57 Å². The van der Waals surface area contributed by atoms with Crippen LogP contribution in [0.15, 0.2) is 66.2 Å². The van der Waals surface area contributed by atoms with E-state index < -0.39 is 17.4 Å². The maximum Gasteiger partial charge on any atom is 0.331 e. The average Bonchev–Trinajstić information content (AvgIpc) is 3.17. The monoisotopic (exact) mass is 375 g/mol. The van der Waals surface area contributed by atoms with Gasteiger partial charge in [-0.2, -0.15) is 5.10 Å². The molecule has 7 nitrogen and oxygen atoms in total. The molecule has 26 heavy (non-hydrogen) atoms. The molecule has 2 aromatic rings. The highest BCUT2D eigenvalue weighted by atomic mass is 35.5. The second-order valence-corrected chi connectivity index (χ2v) is 6.04. The molecule has 0 radical (unpaired) electrons. The van der Waals surface area contributed by atoms with Gasteiger partial charge in [0.05, 0.1) is 5.41 Å². The minimum Gasteiger partial charge on any atom is -0.481 e. The molecule has 3 rings (SSSR count). The number of carbonyl (C=O) groups is 2. The Kier molecular flexibility index (Phi) is 6.30. The van der Waals surface area contributed by atoms with Gasteiger partial charge in [-0.25, -0.2) is 14.5 Å². The van der Waals surface area contributed by atoms with E-state index in [4.69, 9.17) is 21.8 Å². The second kappa shape index (κ2) is 8.44. The number of aliphatic carboxylic acids is 2. The predicted octanol–water partition coefficient (Wildman–Crippen LogP) is 2.92. The summed E-state index contributed by atoms with van der Waals surface area (Å²) in [7, 11) is 0. The predicted molar refractivity (Wildman–Crippen MR) is 96.2 cm³/mol. The lowest BCUT2D eigenvalue weighted by Crippen LogP contribution is -2.33. The van der Waals surface area contributed by atoms with Crippen molar-refractivity contribution in [2.75, 3.05) is 5.88 Å². The lowest BCUT2D eigenvalue weighted by Gasteiger charge is -2.29. The van der Waals surface area contributed by atoms with E-state index in [1.807, 2.05) is 30.5 Å². The summed E-state index contributed by atoms with van der Waals surface area (Å²) >= 11 is 5.63. The van der Waals surface area contributed by atoms with E-state index in [2.05, 4.69) is 10.1 Å². The highest BCUT2D eigenvalue weighted by Crippen LogP contribution is 2.38. The highest BCUT2D eigenvalue weighted by molar-refractivity contribution is 6.20. The van der Waals surface area contributed by atoms with Crippen molar-refractivity contribution in [3.63, 3.8) is 0 Å². The number of halogens is 1. The third-order valence-electron chi connectivity index (χ3n) is 4.02. The van der Waals surface area contributed by atoms with E-state index in [1.54, 1.807) is 17.1 Å². The number of nitrogens with zero attached hydrogens (tertiary/aromatic N) is 3. The van der Waals surface area contributed by atoms with E-state index in [0.717, 1.165) is 5.82 Å². The van der Waals surface area contributed by atoms with Crippen LogP contribution < -0.4 is 0 Å². The van der Waals surface area contributed by atoms with Crippen LogP contribution in [0.2, 0.25) is 0 Å². The van der Waals surface area contributed by atoms with Crippen molar-refractivity contribution in [1.29, 1.82) is 0 Å². The van der Waals surface area contributed by atoms with Crippen LogP contribution in [0.3, 0.4) is 0 Å². The zero-order valence-electron chi connectivity index (χ0n) is 14.0. The number of alkyl halides is 1. The Morgan fingerprint density at radius 3 is 2.50 bits per heavy atom. The van der Waals surface area contributed by atoms with E-state index in [1.165, 1.54) is 19.1 Å². The van der Waals surface area contributed by atoms with Gasteiger partial charge in [0.2, 0.25) is 0 Å². The lowest BCUT2D eigenvalue weighted by atomic mass is 9.74. The Hall–Kier alpha value is -2.93. The molecule has 0 bridgehead atoms. The standard InChI is InChI=1S/C10H11ClO4.C8H7N3/c1-10(9(14)15)4-6(8(12)13)2-3-7(10)5-11;1-2-5-9-8(4-1)11-7-3-6-10-11/h2-3H,4-5H2,1H3,(H,12,13)(H,14,15);1-7H. The normalized spacial score (nSPS) is 18.8. The first-order chi connectivity index (χ1) is 12.4. The molecule has 0 aliphatic heterocycles. The van der Waals surface area contributed by atoms with E-state index in [-0.39, 0.29) is 17.9 Å². The molecule has 2 N–H and O–H groups in total. The highest BCUT2D eigenvalue weighted by Gasteiger charge is 2.40. The SMILES string of the molecule is CC1(C(=O)O)CC(C(=O)O)=CC=C1CCl.c1ccc(-n2cccn2)nc1. The molecule has 1 aliphatic carbocycles. The molecule has 2 heterocycles. The summed E-state index contributed by atoms with van der Waals surface area (Å²) in [6.45, 7) is 1.49. The van der Waals surface area contributed by atoms with Gasteiger partial charge in [0.1, 0.15) is 0 Å². The first-order valence-corrected chi connectivity index (χ1v) is 8.26. The van der Waals surface area contributed by atoms with Crippen LogP contribution in [0.5, 0.6) is 0 Å². The van der Waals surface area contributed by atoms with Crippen LogP contribution in [-0.4, -0.2) is 42.8 Å². The number of rotatable bonds is 4. The van der Waals surface area contributed by atoms with Crippen molar-refractivity contribution in [2.45, 2.75) is 13.3 Å². The molecule has 0 saturated heterocycles. The molecular formula is C18H18ClN3O4. The summed E-state index contributed by atoms with van der Waals surface area (Å²) < 4.78 is 1.72. The maximum absolute atomic E-state index is 11.1. The van der Waals surface area contributed by atoms with Crippen molar-refractivity contribution < 1.29 is 19.8 Å². The number of pyridine rings is 1. The van der Waals surface area contributed by atoms with Crippen LogP contribution in [-0.2, 0) is 9.59 Å². The van der Waals surface area contributed by atoms with Gasteiger partial charge in [0.25, 0.3) is 0 Å². The van der Waals surface area contributed by atoms with E-state index >= 15 is 0 Å². The molecule has 1 atom stereocenters. The number of hydrogen-bond donors (Lipinski definition) is 2. The number of aromatic nitrogens is 3. The molecule has 2 aromatic heterocycles. The van der Waals surface area contributed by atoms with E-state index in [9.17, 15) is 9.59 Å². The molecule has 0 spiro atoms. The Morgan fingerprint density at radius 2 is 2.00 bits per heavy atom. The fraction of sp³-hybridized carbons (Fsp3) is 0.222. The third kappa shape index (κ3) is 4.37. The molecule has 0 amide bonds. The second-order valence-electron chi connectivity index (χ2n) is 5.78. The molecule has 8 heteroatoms. The quantitative estimate of drug-likeness (QED) is 0.796. The fourth-order valence-corrected chi connectivity index (χ4v) is 2.77. The lowest BCUT2D eigenvalue weighted by molar-refractivity contribution is -0.145. The van der Waals surface area contributed by atoms with Crippen molar-refractivity contribution in [2.24, 2.45) is 5.41 Å². The van der Waals surface area contributed by atoms with Gasteiger partial charge in [-0.15, -0.1) is 11.6 Å². The molecule has 0 saturated carbocycles. The van der Waals surface area contributed by atoms with Gasteiger partial charge in [0.15, 0.2) is 5.82 Å². The zero-order valence-corrected chi connectivity index (χ0v) is 14.8. The van der Waals surface area contributed by atoms with Gasteiger partial charge in [-0.3, -0.25) is 4.79 Å². The average molecular weight is 376 g/mol. The summed E-state index contributed by atoms with van der Waals surface area (Å²) in [6, 6.07) is 7.60. The topological polar surface area (TPSA) is 105 Å². The molecule has 136 valence electrons. The van der Waals surface area contributed by atoms with Gasteiger partial charge >= 0.3 is 11.9 Å². The fourth-order valence-electron chi connectivity index (χ4n) is 2.38. The summed E-state index contributed by atoms with van der Waals surface area (Å²) in [5.41, 5.74) is -0.583. The Bertz CT molecular complexity index is 831. The van der Waals surface area contributed by atoms with Crippen LogP contribution in [0, 0.1) is 5.41 Å². The number of allylic oxidation sites excluding steroid dienone is 2. The maximum atomic E-state index is 11.1. The summed E-state index contributed by atoms with van der Waals surface area (Å²) in [5.74, 6) is -1.21. The van der Waals surface area contributed by atoms with Crippen LogP contribution >= 0.6 is 11.6 Å². The molecule has 1 aliphatic rings. The van der Waals surface area contributed by atoms with Crippen LogP contribution in [0.25, 0.3) is 5.82 Å². The van der Waals surface area contributed by atoms with Crippen molar-refractivity contribution in [1.82, 2.24) is 14.8 Å². The number of hydrogen-bond acceptors (Lipinski definition) is 4. The minimum absolute atomic E-state index is 0.0315. The Labute approximate surface area is 155 Å². The molecule has 0 fully saturated rings. The molecule has 0 aromatic carbocycles. The summed E-state index contributed by atoms with van der Waals surface area (Å²) in [5, 5.41) is 21.9. The van der Waals surface area contributed by atoms with Crippen molar-refractivity contribution in [3.8, 4) is 5.82 Å². The Morgan fingerprint density at radius 1 is 1.23 bits per heavy atom. The first-order valence-electron chi connectivity index (χ1n) is 7.72. The Balaban J connectivity index is 0.000000195. The number of carboxylic acid groups (broad SMARTS) is 2. The summed E-state index contributed by atoms with van der Waals surface area (Å²) in [4.78, 5) is 26.0. The van der Waals surface area contributed by atoms with Crippen LogP contribution in [0.4, 0.5) is 0 Å². The minimum atomic E-state index is -1.20. The first kappa shape index (κ1) is 19.4. The van der Waals surface area contributed by atoms with Crippen molar-refractivity contribution >= 4 is 23.5 Å². The van der Waals surface area contributed by atoms with Crippen LogP contribution in [0.1, 0.15) is 13.3 Å². The van der Waals surface area contributed by atoms with Gasteiger partial charge in [0, 0.05) is 30.0 Å². The van der Waals surface area contributed by atoms with Gasteiger partial charge < -0.3 is 10.2 Å². The number of carboxylic acids is 2. The smallest absolute Gasteiger partial charge is 0.331 e. The van der Waals surface area contributed by atoms with Gasteiger partial charge in [-0.05, 0) is 37.1 Å².